The highest BCUT2D eigenvalue weighted by molar-refractivity contribution is 7.13. The molecule has 26 heavy (non-hydrogen) atoms. The van der Waals surface area contributed by atoms with E-state index in [1.165, 1.54) is 23.8 Å². The Morgan fingerprint density at radius 2 is 1.96 bits per heavy atom. The molecule has 0 saturated heterocycles. The number of aromatic nitrogens is 1. The van der Waals surface area contributed by atoms with Gasteiger partial charge >= 0.3 is 0 Å². The fourth-order valence-electron chi connectivity index (χ4n) is 3.06. The van der Waals surface area contributed by atoms with Crippen LogP contribution >= 0.6 is 11.3 Å². The van der Waals surface area contributed by atoms with Crippen molar-refractivity contribution in [3.05, 3.63) is 41.2 Å². The Hall–Kier alpha value is -2.28. The number of halogens is 1. The minimum Gasteiger partial charge on any atom is -0.353 e. The zero-order valence-corrected chi connectivity index (χ0v) is 15.3. The molecule has 0 atom stereocenters. The Bertz CT molecular complexity index is 772. The highest BCUT2D eigenvalue weighted by atomic mass is 32.1. The van der Waals surface area contributed by atoms with Gasteiger partial charge in [-0.25, -0.2) is 9.37 Å². The highest BCUT2D eigenvalue weighted by Gasteiger charge is 2.17. The van der Waals surface area contributed by atoms with Crippen molar-refractivity contribution in [3.8, 4) is 10.6 Å². The molecule has 5 nitrogen and oxygen atoms in total. The van der Waals surface area contributed by atoms with Gasteiger partial charge in [0.1, 0.15) is 16.5 Å². The number of nitrogens with one attached hydrogen (secondary N) is 2. The van der Waals surface area contributed by atoms with E-state index in [9.17, 15) is 14.0 Å². The first-order chi connectivity index (χ1) is 12.6. The molecule has 0 aliphatic heterocycles. The molecule has 1 aromatic heterocycles. The highest BCUT2D eigenvalue weighted by Crippen LogP contribution is 2.26. The maximum absolute atomic E-state index is 13.8. The van der Waals surface area contributed by atoms with Gasteiger partial charge in [0.05, 0.1) is 0 Å². The predicted octanol–water partition coefficient (Wildman–Crippen LogP) is 3.52. The first kappa shape index (κ1) is 18.5. The molecule has 1 fully saturated rings. The Morgan fingerprint density at radius 3 is 2.73 bits per heavy atom. The number of carbonyl (C=O) groups is 2. The number of thiazole rings is 1. The summed E-state index contributed by atoms with van der Waals surface area (Å²) < 4.78 is 13.8. The summed E-state index contributed by atoms with van der Waals surface area (Å²) >= 11 is 1.22. The molecule has 1 saturated carbocycles. The van der Waals surface area contributed by atoms with Crippen molar-refractivity contribution in [1.82, 2.24) is 15.6 Å². The molecule has 0 radical (unpaired) electrons. The number of hydrogen-bond donors (Lipinski definition) is 2. The quantitative estimate of drug-likeness (QED) is 0.812. The van der Waals surface area contributed by atoms with Gasteiger partial charge in [0, 0.05) is 30.0 Å². The lowest BCUT2D eigenvalue weighted by atomic mass is 9.95. The molecule has 2 amide bonds. The monoisotopic (exact) mass is 375 g/mol. The van der Waals surface area contributed by atoms with Crippen LogP contribution in [0.1, 0.15) is 49.0 Å². The van der Waals surface area contributed by atoms with Gasteiger partial charge in [-0.2, -0.15) is 0 Å². The second kappa shape index (κ2) is 8.89. The minimum absolute atomic E-state index is 0.0393. The fourth-order valence-corrected chi connectivity index (χ4v) is 3.89. The van der Waals surface area contributed by atoms with Gasteiger partial charge in [-0.3, -0.25) is 9.59 Å². The number of nitrogens with zero attached hydrogens (tertiary/aromatic N) is 1. The molecule has 3 rings (SSSR count). The van der Waals surface area contributed by atoms with Gasteiger partial charge < -0.3 is 10.6 Å². The third kappa shape index (κ3) is 4.88. The largest absolute Gasteiger partial charge is 0.353 e. The van der Waals surface area contributed by atoms with Crippen molar-refractivity contribution in [2.75, 3.05) is 6.54 Å². The van der Waals surface area contributed by atoms with Crippen LogP contribution in [0.15, 0.2) is 29.6 Å². The molecule has 138 valence electrons. The second-order valence-corrected chi connectivity index (χ2v) is 7.28. The Labute approximate surface area is 156 Å². The molecule has 2 aromatic rings. The molecule has 1 aliphatic carbocycles. The third-order valence-electron chi connectivity index (χ3n) is 4.45. The number of rotatable bonds is 6. The SMILES string of the molecule is O=C(CCNC(=O)c1csc(-c2ccccc2F)n1)NC1CCCCC1. The lowest BCUT2D eigenvalue weighted by molar-refractivity contribution is -0.121. The van der Waals surface area contributed by atoms with Crippen LogP contribution in [0.5, 0.6) is 0 Å². The van der Waals surface area contributed by atoms with E-state index in [4.69, 9.17) is 0 Å². The smallest absolute Gasteiger partial charge is 0.270 e. The summed E-state index contributed by atoms with van der Waals surface area (Å²) in [7, 11) is 0. The zero-order chi connectivity index (χ0) is 18.4. The maximum atomic E-state index is 13.8. The number of amides is 2. The van der Waals surface area contributed by atoms with Crippen LogP contribution < -0.4 is 10.6 Å². The standard InChI is InChI=1S/C19H22FN3O2S/c20-15-9-5-4-8-14(15)19-23-16(12-26-19)18(25)21-11-10-17(24)22-13-6-2-1-3-7-13/h4-5,8-9,12-13H,1-3,6-7,10-11H2,(H,21,25)(H,22,24). The summed E-state index contributed by atoms with van der Waals surface area (Å²) in [5, 5.41) is 7.77. The van der Waals surface area contributed by atoms with Gasteiger partial charge in [0.15, 0.2) is 0 Å². The van der Waals surface area contributed by atoms with Crippen LogP contribution in [0.2, 0.25) is 0 Å². The van der Waals surface area contributed by atoms with Crippen molar-refractivity contribution in [1.29, 1.82) is 0 Å². The van der Waals surface area contributed by atoms with Crippen LogP contribution in [0.25, 0.3) is 10.6 Å². The molecule has 1 heterocycles. The van der Waals surface area contributed by atoms with Crippen molar-refractivity contribution in [2.45, 2.75) is 44.6 Å². The van der Waals surface area contributed by atoms with E-state index in [-0.39, 0.29) is 42.3 Å². The maximum Gasteiger partial charge on any atom is 0.270 e. The second-order valence-electron chi connectivity index (χ2n) is 6.43. The van der Waals surface area contributed by atoms with E-state index < -0.39 is 0 Å². The number of hydrogen-bond acceptors (Lipinski definition) is 4. The molecular formula is C19H22FN3O2S. The fraction of sp³-hybridized carbons (Fsp3) is 0.421. The van der Waals surface area contributed by atoms with Crippen LogP contribution in [0.3, 0.4) is 0 Å². The van der Waals surface area contributed by atoms with Crippen LogP contribution in [0, 0.1) is 5.82 Å². The van der Waals surface area contributed by atoms with Crippen LogP contribution in [0.4, 0.5) is 4.39 Å². The number of carbonyl (C=O) groups excluding carboxylic acids is 2. The number of benzene rings is 1. The van der Waals surface area contributed by atoms with Gasteiger partial charge in [-0.15, -0.1) is 11.3 Å². The molecule has 0 unspecified atom stereocenters. The van der Waals surface area contributed by atoms with E-state index in [1.807, 2.05) is 0 Å². The summed E-state index contributed by atoms with van der Waals surface area (Å²) in [6.07, 6.45) is 5.88. The summed E-state index contributed by atoms with van der Waals surface area (Å²) in [5.74, 6) is -0.759. The van der Waals surface area contributed by atoms with Gasteiger partial charge in [-0.1, -0.05) is 31.4 Å². The van der Waals surface area contributed by atoms with Crippen molar-refractivity contribution in [2.24, 2.45) is 0 Å². The van der Waals surface area contributed by atoms with E-state index >= 15 is 0 Å². The average molecular weight is 375 g/mol. The Morgan fingerprint density at radius 1 is 1.19 bits per heavy atom. The predicted molar refractivity (Wildman–Crippen MR) is 99.5 cm³/mol. The zero-order valence-electron chi connectivity index (χ0n) is 14.5. The Kier molecular flexibility index (Phi) is 6.33. The summed E-state index contributed by atoms with van der Waals surface area (Å²) in [6, 6.07) is 6.60. The molecule has 1 aliphatic rings. The van der Waals surface area contributed by atoms with Crippen molar-refractivity contribution < 1.29 is 14.0 Å². The normalized spacial score (nSPS) is 14.8. The lowest BCUT2D eigenvalue weighted by Crippen LogP contribution is -2.38. The van der Waals surface area contributed by atoms with Gasteiger partial charge in [0.25, 0.3) is 5.91 Å². The summed E-state index contributed by atoms with van der Waals surface area (Å²) in [6.45, 7) is 0.254. The summed E-state index contributed by atoms with van der Waals surface area (Å²) in [4.78, 5) is 28.3. The summed E-state index contributed by atoms with van der Waals surface area (Å²) in [5.41, 5.74) is 0.615. The molecule has 0 bridgehead atoms. The molecule has 2 N–H and O–H groups in total. The van der Waals surface area contributed by atoms with E-state index in [2.05, 4.69) is 15.6 Å². The van der Waals surface area contributed by atoms with Gasteiger partial charge in [0.2, 0.25) is 5.91 Å². The van der Waals surface area contributed by atoms with Crippen LogP contribution in [-0.2, 0) is 4.79 Å². The molecule has 7 heteroatoms. The van der Waals surface area contributed by atoms with Crippen LogP contribution in [-0.4, -0.2) is 29.4 Å². The van der Waals surface area contributed by atoms with E-state index in [0.29, 0.717) is 10.6 Å². The molecule has 1 aromatic carbocycles. The molecular weight excluding hydrogens is 353 g/mol. The Balaban J connectivity index is 1.46. The van der Waals surface area contributed by atoms with Gasteiger partial charge in [-0.05, 0) is 25.0 Å². The average Bonchev–Trinajstić information content (AvgIpc) is 3.13. The first-order valence-corrected chi connectivity index (χ1v) is 9.79. The lowest BCUT2D eigenvalue weighted by Gasteiger charge is -2.22. The topological polar surface area (TPSA) is 71.1 Å². The van der Waals surface area contributed by atoms with Crippen molar-refractivity contribution in [3.63, 3.8) is 0 Å². The van der Waals surface area contributed by atoms with E-state index in [1.54, 1.807) is 23.6 Å². The van der Waals surface area contributed by atoms with E-state index in [0.717, 1.165) is 25.7 Å². The first-order valence-electron chi connectivity index (χ1n) is 8.91. The van der Waals surface area contributed by atoms with Crippen molar-refractivity contribution >= 4 is 23.2 Å². The minimum atomic E-state index is -0.367. The molecule has 0 spiro atoms. The third-order valence-corrected chi connectivity index (χ3v) is 5.32.